The molecular weight excluding hydrogens is 194 g/mol. The first kappa shape index (κ1) is 11.5. The van der Waals surface area contributed by atoms with Crippen LogP contribution in [0.25, 0.3) is 0 Å². The van der Waals surface area contributed by atoms with Crippen molar-refractivity contribution in [2.75, 3.05) is 11.9 Å². The van der Waals surface area contributed by atoms with Crippen LogP contribution in [0.5, 0.6) is 0 Å². The fraction of sp³-hybridized carbons (Fsp3) is 0.600. The molecule has 1 heteroatoms. The van der Waals surface area contributed by atoms with E-state index in [9.17, 15) is 0 Å². The van der Waals surface area contributed by atoms with Crippen molar-refractivity contribution in [3.05, 3.63) is 29.3 Å². The topological polar surface area (TPSA) is 12.0 Å². The summed E-state index contributed by atoms with van der Waals surface area (Å²) >= 11 is 0. The molecule has 16 heavy (non-hydrogen) atoms. The second kappa shape index (κ2) is 5.38. The van der Waals surface area contributed by atoms with E-state index in [1.165, 1.54) is 48.9 Å². The zero-order valence-corrected chi connectivity index (χ0v) is 10.6. The van der Waals surface area contributed by atoms with Gasteiger partial charge in [0.25, 0.3) is 0 Å². The Bertz CT molecular complexity index is 337. The van der Waals surface area contributed by atoms with Gasteiger partial charge in [-0.2, -0.15) is 0 Å². The fourth-order valence-corrected chi connectivity index (χ4v) is 2.65. The van der Waals surface area contributed by atoms with Crippen LogP contribution in [0.4, 0.5) is 5.69 Å². The first-order valence-electron chi connectivity index (χ1n) is 6.57. The highest BCUT2D eigenvalue weighted by atomic mass is 14.9. The van der Waals surface area contributed by atoms with Crippen LogP contribution in [-0.2, 0) is 0 Å². The maximum absolute atomic E-state index is 3.58. The van der Waals surface area contributed by atoms with Crippen LogP contribution in [-0.4, -0.2) is 6.54 Å². The van der Waals surface area contributed by atoms with Crippen LogP contribution in [0, 0.1) is 19.8 Å². The van der Waals surface area contributed by atoms with E-state index in [1.54, 1.807) is 0 Å². The maximum atomic E-state index is 3.58. The molecule has 1 aromatic carbocycles. The monoisotopic (exact) mass is 217 g/mol. The highest BCUT2D eigenvalue weighted by Crippen LogP contribution is 2.27. The number of aryl methyl sites for hydroxylation is 1. The van der Waals surface area contributed by atoms with Crippen LogP contribution < -0.4 is 5.32 Å². The van der Waals surface area contributed by atoms with E-state index >= 15 is 0 Å². The van der Waals surface area contributed by atoms with Gasteiger partial charge >= 0.3 is 0 Å². The highest BCUT2D eigenvalue weighted by Gasteiger charge is 2.14. The zero-order chi connectivity index (χ0) is 11.4. The molecule has 0 heterocycles. The van der Waals surface area contributed by atoms with Crippen molar-refractivity contribution in [2.45, 2.75) is 46.0 Å². The lowest BCUT2D eigenvalue weighted by Gasteiger charge is -2.13. The van der Waals surface area contributed by atoms with E-state index < -0.39 is 0 Å². The molecule has 1 saturated carbocycles. The van der Waals surface area contributed by atoms with Gasteiger partial charge in [-0.05, 0) is 43.4 Å². The molecule has 0 spiro atoms. The molecule has 0 amide bonds. The molecule has 0 radical (unpaired) electrons. The standard InChI is InChI=1S/C15H23N/c1-12-6-5-9-15(13(12)2)16-11-10-14-7-3-4-8-14/h5-6,9,14,16H,3-4,7-8,10-11H2,1-2H3. The summed E-state index contributed by atoms with van der Waals surface area (Å²) in [6.45, 7) is 5.51. The number of nitrogens with one attached hydrogen (secondary N) is 1. The first-order chi connectivity index (χ1) is 7.77. The lowest BCUT2D eigenvalue weighted by Crippen LogP contribution is -2.07. The predicted molar refractivity (Wildman–Crippen MR) is 71.0 cm³/mol. The molecule has 1 aromatic rings. The van der Waals surface area contributed by atoms with Crippen molar-refractivity contribution in [1.82, 2.24) is 0 Å². The molecule has 0 aromatic heterocycles. The fourth-order valence-electron chi connectivity index (χ4n) is 2.65. The normalized spacial score (nSPS) is 16.6. The van der Waals surface area contributed by atoms with Gasteiger partial charge in [0, 0.05) is 12.2 Å². The van der Waals surface area contributed by atoms with E-state index in [-0.39, 0.29) is 0 Å². The second-order valence-corrected chi connectivity index (χ2v) is 5.11. The van der Waals surface area contributed by atoms with E-state index in [1.807, 2.05) is 0 Å². The third kappa shape index (κ3) is 2.78. The molecule has 1 N–H and O–H groups in total. The van der Waals surface area contributed by atoms with Gasteiger partial charge in [0.05, 0.1) is 0 Å². The summed E-state index contributed by atoms with van der Waals surface area (Å²) in [6.07, 6.45) is 7.15. The van der Waals surface area contributed by atoms with E-state index in [4.69, 9.17) is 0 Å². The molecular formula is C15H23N. The van der Waals surface area contributed by atoms with Gasteiger partial charge < -0.3 is 5.32 Å². The molecule has 1 nitrogen and oxygen atoms in total. The zero-order valence-electron chi connectivity index (χ0n) is 10.6. The quantitative estimate of drug-likeness (QED) is 0.793. The third-order valence-electron chi connectivity index (χ3n) is 3.95. The molecule has 0 saturated heterocycles. The molecule has 1 aliphatic rings. The van der Waals surface area contributed by atoms with E-state index in [0.29, 0.717) is 0 Å². The summed E-state index contributed by atoms with van der Waals surface area (Å²) in [5.41, 5.74) is 4.10. The molecule has 0 atom stereocenters. The van der Waals surface area contributed by atoms with Gasteiger partial charge in [-0.25, -0.2) is 0 Å². The van der Waals surface area contributed by atoms with Gasteiger partial charge in [-0.15, -0.1) is 0 Å². The summed E-state index contributed by atoms with van der Waals surface area (Å²) in [7, 11) is 0. The van der Waals surface area contributed by atoms with Crippen LogP contribution in [0.2, 0.25) is 0 Å². The van der Waals surface area contributed by atoms with Crippen molar-refractivity contribution in [2.24, 2.45) is 5.92 Å². The Morgan fingerprint density at radius 1 is 1.19 bits per heavy atom. The summed E-state index contributed by atoms with van der Waals surface area (Å²) in [5, 5.41) is 3.58. The summed E-state index contributed by atoms with van der Waals surface area (Å²) < 4.78 is 0. The number of rotatable bonds is 4. The number of hydrogen-bond donors (Lipinski definition) is 1. The molecule has 1 aliphatic carbocycles. The Morgan fingerprint density at radius 3 is 2.69 bits per heavy atom. The predicted octanol–water partition coefficient (Wildman–Crippen LogP) is 4.30. The largest absolute Gasteiger partial charge is 0.385 e. The van der Waals surface area contributed by atoms with E-state index in [0.717, 1.165) is 12.5 Å². The molecule has 0 aliphatic heterocycles. The SMILES string of the molecule is Cc1cccc(NCCC2CCCC2)c1C. The number of benzene rings is 1. The maximum Gasteiger partial charge on any atom is 0.0372 e. The minimum absolute atomic E-state index is 0.984. The van der Waals surface area contributed by atoms with Crippen molar-refractivity contribution < 1.29 is 0 Å². The number of anilines is 1. The third-order valence-corrected chi connectivity index (χ3v) is 3.95. The molecule has 0 unspecified atom stereocenters. The Balaban J connectivity index is 1.82. The van der Waals surface area contributed by atoms with Crippen LogP contribution in [0.1, 0.15) is 43.2 Å². The summed E-state index contributed by atoms with van der Waals surface area (Å²) in [4.78, 5) is 0. The Labute approximate surface area is 99.3 Å². The minimum Gasteiger partial charge on any atom is -0.385 e. The lowest BCUT2D eigenvalue weighted by molar-refractivity contribution is 0.518. The van der Waals surface area contributed by atoms with Crippen LogP contribution in [0.3, 0.4) is 0 Å². The first-order valence-corrected chi connectivity index (χ1v) is 6.57. The molecule has 88 valence electrons. The Hall–Kier alpha value is -0.980. The van der Waals surface area contributed by atoms with Gasteiger partial charge in [0.1, 0.15) is 0 Å². The smallest absolute Gasteiger partial charge is 0.0372 e. The molecule has 2 rings (SSSR count). The van der Waals surface area contributed by atoms with Crippen molar-refractivity contribution in [1.29, 1.82) is 0 Å². The molecule has 0 bridgehead atoms. The second-order valence-electron chi connectivity index (χ2n) is 5.11. The van der Waals surface area contributed by atoms with Crippen molar-refractivity contribution in [3.63, 3.8) is 0 Å². The van der Waals surface area contributed by atoms with Crippen molar-refractivity contribution in [3.8, 4) is 0 Å². The van der Waals surface area contributed by atoms with Gasteiger partial charge in [0.15, 0.2) is 0 Å². The van der Waals surface area contributed by atoms with E-state index in [2.05, 4.69) is 37.4 Å². The summed E-state index contributed by atoms with van der Waals surface area (Å²) in [5.74, 6) is 0.984. The summed E-state index contributed by atoms with van der Waals surface area (Å²) in [6, 6.07) is 6.51. The molecule has 1 fully saturated rings. The number of hydrogen-bond acceptors (Lipinski definition) is 1. The van der Waals surface area contributed by atoms with Crippen LogP contribution in [0.15, 0.2) is 18.2 Å². The van der Waals surface area contributed by atoms with Gasteiger partial charge in [0.2, 0.25) is 0 Å². The highest BCUT2D eigenvalue weighted by molar-refractivity contribution is 5.53. The Morgan fingerprint density at radius 2 is 1.94 bits per heavy atom. The lowest BCUT2D eigenvalue weighted by atomic mass is 10.0. The average Bonchev–Trinajstić information content (AvgIpc) is 2.77. The minimum atomic E-state index is 0.984. The van der Waals surface area contributed by atoms with Crippen LogP contribution >= 0.6 is 0 Å². The van der Waals surface area contributed by atoms with Gasteiger partial charge in [-0.3, -0.25) is 0 Å². The Kier molecular flexibility index (Phi) is 3.87. The average molecular weight is 217 g/mol. The van der Waals surface area contributed by atoms with Gasteiger partial charge in [-0.1, -0.05) is 37.8 Å². The van der Waals surface area contributed by atoms with Crippen molar-refractivity contribution >= 4 is 5.69 Å².